The van der Waals surface area contributed by atoms with Crippen molar-refractivity contribution < 1.29 is 0 Å². The van der Waals surface area contributed by atoms with Gasteiger partial charge in [-0.25, -0.2) is 0 Å². The molecular weight excluding hydrogens is 1050 g/mol. The summed E-state index contributed by atoms with van der Waals surface area (Å²) < 4.78 is 0. The zero-order valence-corrected chi connectivity index (χ0v) is 47.3. The van der Waals surface area contributed by atoms with Crippen LogP contribution >= 0.6 is 0 Å². The molecule has 20 rings (SSSR count). The van der Waals surface area contributed by atoms with E-state index in [1.54, 1.807) is 0 Å². The highest BCUT2D eigenvalue weighted by atomic mass is 15.2. The summed E-state index contributed by atoms with van der Waals surface area (Å²) in [7, 11) is 0. The minimum Gasteiger partial charge on any atom is -0.311 e. The molecule has 18 aromatic carbocycles. The Balaban J connectivity index is 0.970. The van der Waals surface area contributed by atoms with Gasteiger partial charge < -0.3 is 9.80 Å². The Hall–Kier alpha value is -11.3. The highest BCUT2D eigenvalue weighted by Gasteiger charge is 2.46. The Bertz CT molecular complexity index is 5620. The largest absolute Gasteiger partial charge is 0.311 e. The lowest BCUT2D eigenvalue weighted by molar-refractivity contribution is 1.26. The van der Waals surface area contributed by atoms with Crippen molar-refractivity contribution in [3.05, 3.63) is 297 Å². The Morgan fingerprint density at radius 3 is 1.00 bits per heavy atom. The SMILES string of the molecule is c1ccc(-c2ccc(N3c4cc(-c5ccc6cc7ccccc7cc6c5)cc5c4B(c4c3cc3c6cccc7cccc(c8cccc4c83)c76)c3c(cc4c6cccc7cccc(c8cccc3c84)c76)N5c3ccc(-c4ccccc4)cc3)cc2)cc1. The van der Waals surface area contributed by atoms with E-state index in [4.69, 9.17) is 0 Å². The molecule has 0 radical (unpaired) electrons. The van der Waals surface area contributed by atoms with Crippen LogP contribution in [-0.4, -0.2) is 6.71 Å². The summed E-state index contributed by atoms with van der Waals surface area (Å²) in [5, 5.41) is 25.6. The fraction of sp³-hybridized carbons (Fsp3) is 0. The highest BCUT2D eigenvalue weighted by molar-refractivity contribution is 7.03. The van der Waals surface area contributed by atoms with Gasteiger partial charge in [-0.05, 0) is 224 Å². The lowest BCUT2D eigenvalue weighted by atomic mass is 9.32. The van der Waals surface area contributed by atoms with E-state index < -0.39 is 0 Å². The second-order valence-corrected chi connectivity index (χ2v) is 24.2. The third-order valence-electron chi connectivity index (χ3n) is 19.8. The van der Waals surface area contributed by atoms with Crippen molar-refractivity contribution in [1.29, 1.82) is 0 Å². The van der Waals surface area contributed by atoms with Gasteiger partial charge in [0.05, 0.1) is 0 Å². The van der Waals surface area contributed by atoms with Crippen molar-refractivity contribution in [2.24, 2.45) is 0 Å². The molecule has 2 aliphatic rings. The normalized spacial score (nSPS) is 13.0. The lowest BCUT2D eigenvalue weighted by Crippen LogP contribution is -2.61. The monoisotopic (exact) mass is 1100 g/mol. The molecule has 0 fully saturated rings. The average Bonchev–Trinajstić information content (AvgIpc) is 0.793. The van der Waals surface area contributed by atoms with E-state index in [1.165, 1.54) is 175 Å². The van der Waals surface area contributed by atoms with E-state index in [-0.39, 0.29) is 6.71 Å². The first-order chi connectivity index (χ1) is 43.1. The molecule has 398 valence electrons. The summed E-state index contributed by atoms with van der Waals surface area (Å²) in [6.45, 7) is -0.189. The predicted octanol–water partition coefficient (Wildman–Crippen LogP) is 21.2. The number of benzene rings is 18. The summed E-state index contributed by atoms with van der Waals surface area (Å²) in [5.74, 6) is 0. The first kappa shape index (κ1) is 47.1. The molecule has 2 aliphatic heterocycles. The quantitative estimate of drug-likeness (QED) is 0.0963. The van der Waals surface area contributed by atoms with Crippen LogP contribution in [0, 0.1) is 0 Å². The summed E-state index contributed by atoms with van der Waals surface area (Å²) in [5.41, 5.74) is 18.0. The Morgan fingerprint density at radius 2 is 0.529 bits per heavy atom. The average molecular weight is 1100 g/mol. The number of anilines is 6. The molecule has 0 N–H and O–H groups in total. The van der Waals surface area contributed by atoms with Crippen molar-refractivity contribution in [1.82, 2.24) is 0 Å². The van der Waals surface area contributed by atoms with Crippen LogP contribution in [-0.2, 0) is 0 Å². The Morgan fingerprint density at radius 1 is 0.184 bits per heavy atom. The summed E-state index contributed by atoms with van der Waals surface area (Å²) in [4.78, 5) is 5.29. The maximum Gasteiger partial charge on any atom is 0.253 e. The zero-order chi connectivity index (χ0) is 56.6. The minimum atomic E-state index is -0.189. The fourth-order valence-corrected chi connectivity index (χ4v) is 16.1. The van der Waals surface area contributed by atoms with Crippen LogP contribution in [0.5, 0.6) is 0 Å². The van der Waals surface area contributed by atoms with Crippen molar-refractivity contribution in [3.8, 4) is 33.4 Å². The van der Waals surface area contributed by atoms with Crippen LogP contribution in [0.4, 0.5) is 34.1 Å². The van der Waals surface area contributed by atoms with Crippen LogP contribution < -0.4 is 26.2 Å². The number of nitrogens with zero attached hydrogens (tertiary/aromatic N) is 2. The molecule has 0 amide bonds. The van der Waals surface area contributed by atoms with E-state index in [0.29, 0.717) is 0 Å². The fourth-order valence-electron chi connectivity index (χ4n) is 16.1. The first-order valence-corrected chi connectivity index (χ1v) is 30.4. The topological polar surface area (TPSA) is 6.48 Å². The summed E-state index contributed by atoms with van der Waals surface area (Å²) in [6.07, 6.45) is 0. The smallest absolute Gasteiger partial charge is 0.253 e. The molecule has 0 atom stereocenters. The van der Waals surface area contributed by atoms with E-state index in [0.717, 1.165) is 16.9 Å². The summed E-state index contributed by atoms with van der Waals surface area (Å²) in [6, 6.07) is 113. The van der Waals surface area contributed by atoms with Crippen molar-refractivity contribution in [2.75, 3.05) is 9.80 Å². The molecule has 2 heterocycles. The minimum absolute atomic E-state index is 0.189. The standard InChI is InChI=1S/C84H49BN2/c1-3-15-50(16-4-1)52-35-39-62(40-36-52)86-74-46-61(59-34-33-58-43-56-19-7-8-20-57(56)44-60(58)45-59)47-75-84(74)85(82-70-31-13-29-66-64-25-9-21-54-23-11-27-68(78(54)64)72(80(66)70)48-76(82)86)83-71-32-14-30-67-65-26-10-22-55-24-12-28-69(79(55)65)73(81(67)71)49-77(83)87(75)63-41-37-53(38-42-63)51-17-5-2-6-18-51/h1-49H. The van der Waals surface area contributed by atoms with Gasteiger partial charge in [0.1, 0.15) is 0 Å². The van der Waals surface area contributed by atoms with Crippen LogP contribution in [0.25, 0.3) is 141 Å². The third kappa shape index (κ3) is 6.60. The number of rotatable bonds is 5. The van der Waals surface area contributed by atoms with E-state index >= 15 is 0 Å². The van der Waals surface area contributed by atoms with Gasteiger partial charge in [-0.15, -0.1) is 0 Å². The summed E-state index contributed by atoms with van der Waals surface area (Å²) >= 11 is 0. The van der Waals surface area contributed by atoms with Gasteiger partial charge in [-0.3, -0.25) is 0 Å². The van der Waals surface area contributed by atoms with Gasteiger partial charge in [-0.2, -0.15) is 0 Å². The van der Waals surface area contributed by atoms with Crippen molar-refractivity contribution >= 4 is 165 Å². The molecule has 0 bridgehead atoms. The van der Waals surface area contributed by atoms with Crippen LogP contribution in [0.15, 0.2) is 297 Å². The number of hydrogen-bond acceptors (Lipinski definition) is 2. The van der Waals surface area contributed by atoms with Gasteiger partial charge in [0.15, 0.2) is 0 Å². The second-order valence-electron chi connectivity index (χ2n) is 24.2. The molecule has 3 heteroatoms. The van der Waals surface area contributed by atoms with Gasteiger partial charge in [-0.1, -0.05) is 231 Å². The molecule has 0 aliphatic carbocycles. The van der Waals surface area contributed by atoms with E-state index in [9.17, 15) is 0 Å². The predicted molar refractivity (Wildman–Crippen MR) is 374 cm³/mol. The molecular formula is C84H49BN2. The molecule has 0 saturated heterocycles. The highest BCUT2D eigenvalue weighted by Crippen LogP contribution is 2.52. The maximum absolute atomic E-state index is 2.64. The van der Waals surface area contributed by atoms with Gasteiger partial charge in [0, 0.05) is 34.1 Å². The van der Waals surface area contributed by atoms with Crippen LogP contribution in [0.3, 0.4) is 0 Å². The third-order valence-corrected chi connectivity index (χ3v) is 19.8. The first-order valence-electron chi connectivity index (χ1n) is 30.4. The zero-order valence-electron chi connectivity index (χ0n) is 47.3. The number of fused-ring (bicyclic) bond motifs is 12. The van der Waals surface area contributed by atoms with E-state index in [2.05, 4.69) is 307 Å². The molecule has 0 aromatic heterocycles. The molecule has 2 nitrogen and oxygen atoms in total. The Labute approximate surface area is 502 Å². The molecule has 87 heavy (non-hydrogen) atoms. The lowest BCUT2D eigenvalue weighted by Gasteiger charge is -2.45. The van der Waals surface area contributed by atoms with Crippen molar-refractivity contribution in [3.63, 3.8) is 0 Å². The number of hydrogen-bond donors (Lipinski definition) is 0. The molecule has 0 saturated carbocycles. The molecule has 18 aromatic rings. The van der Waals surface area contributed by atoms with Crippen LogP contribution in [0.2, 0.25) is 0 Å². The van der Waals surface area contributed by atoms with E-state index in [1.807, 2.05) is 0 Å². The second kappa shape index (κ2) is 17.7. The van der Waals surface area contributed by atoms with Crippen LogP contribution in [0.1, 0.15) is 0 Å². The molecule has 0 unspecified atom stereocenters. The van der Waals surface area contributed by atoms with Gasteiger partial charge in [0.2, 0.25) is 0 Å². The van der Waals surface area contributed by atoms with Gasteiger partial charge in [0.25, 0.3) is 6.71 Å². The maximum atomic E-state index is 2.64. The van der Waals surface area contributed by atoms with Crippen molar-refractivity contribution in [2.45, 2.75) is 0 Å². The van der Waals surface area contributed by atoms with Gasteiger partial charge >= 0.3 is 0 Å². The molecule has 0 spiro atoms. The Kier molecular flexibility index (Phi) is 9.57.